The molecule has 0 amide bonds. The molecule has 1 heterocycles. The van der Waals surface area contributed by atoms with Crippen molar-refractivity contribution in [1.82, 2.24) is 14.9 Å². The fraction of sp³-hybridized carbons (Fsp3) is 0.643. The van der Waals surface area contributed by atoms with Crippen LogP contribution in [0.1, 0.15) is 0 Å². The molecule has 0 radical (unpaired) electrons. The largest absolute Gasteiger partial charge is 0.476 e. The third kappa shape index (κ3) is 11.2. The first-order chi connectivity index (χ1) is 11.5. The molecule has 0 saturated carbocycles. The third-order valence-electron chi connectivity index (χ3n) is 2.70. The van der Waals surface area contributed by atoms with Crippen LogP contribution in [0.5, 0.6) is 11.9 Å². The van der Waals surface area contributed by atoms with Crippen LogP contribution < -0.4 is 26.3 Å². The number of nitrogens with zero attached hydrogens (tertiary/aromatic N) is 4. The second-order valence-electron chi connectivity index (χ2n) is 5.10. The lowest BCUT2D eigenvalue weighted by atomic mass is 10.5. The van der Waals surface area contributed by atoms with E-state index in [1.165, 1.54) is 0 Å². The molecule has 0 aliphatic rings. The average molecular weight is 378 g/mol. The van der Waals surface area contributed by atoms with Crippen molar-refractivity contribution in [3.05, 3.63) is 6.07 Å². The lowest BCUT2D eigenvalue weighted by Crippen LogP contribution is -2.23. The van der Waals surface area contributed by atoms with Crippen molar-refractivity contribution >= 4 is 24.2 Å². The molecule has 144 valence electrons. The van der Waals surface area contributed by atoms with Gasteiger partial charge in [-0.25, -0.2) is 0 Å². The summed E-state index contributed by atoms with van der Waals surface area (Å²) in [5, 5.41) is 3.12. The Bertz CT molecular complexity index is 513. The number of likely N-dealkylation sites (N-methyl/N-ethyl adjacent to an activating group) is 1. The quantitative estimate of drug-likeness (QED) is 0.251. The summed E-state index contributed by atoms with van der Waals surface area (Å²) in [5.74, 6) is 1.05. The summed E-state index contributed by atoms with van der Waals surface area (Å²) in [7, 11) is 5.58. The van der Waals surface area contributed by atoms with E-state index in [1.807, 2.05) is 19.0 Å². The van der Waals surface area contributed by atoms with Crippen molar-refractivity contribution in [3.8, 4) is 11.9 Å². The summed E-state index contributed by atoms with van der Waals surface area (Å²) >= 11 is 0. The molecule has 0 unspecified atom stereocenters. The van der Waals surface area contributed by atoms with Crippen LogP contribution in [-0.4, -0.2) is 81.5 Å². The minimum atomic E-state index is 0. The van der Waals surface area contributed by atoms with Gasteiger partial charge in [-0.05, 0) is 14.1 Å². The maximum atomic E-state index is 5.64. The zero-order chi connectivity index (χ0) is 17.8. The van der Waals surface area contributed by atoms with E-state index in [9.17, 15) is 0 Å². The topological polar surface area (TPSA) is 133 Å². The van der Waals surface area contributed by atoms with Crippen LogP contribution in [0.4, 0.5) is 5.82 Å². The number of guanidine groups is 1. The fourth-order valence-electron chi connectivity index (χ4n) is 1.56. The van der Waals surface area contributed by atoms with Gasteiger partial charge in [0.1, 0.15) is 19.0 Å². The predicted octanol–water partition coefficient (Wildman–Crippen LogP) is -0.451. The monoisotopic (exact) mass is 377 g/mol. The average Bonchev–Trinajstić information content (AvgIpc) is 2.51. The standard InChI is InChI=1S/C14H27N7O3.ClH/c1-21(2)6-9-23-12-10-11(17-4-7-22-3)19-14(20-12)24-8-5-18-13(15)16;/h10H,4-9H2,1-3H3,(H4,15,16,18)(H,17,19,20);1H. The first-order valence-corrected chi connectivity index (χ1v) is 7.59. The van der Waals surface area contributed by atoms with Crippen LogP contribution in [-0.2, 0) is 4.74 Å². The lowest BCUT2D eigenvalue weighted by molar-refractivity contribution is 0.210. The van der Waals surface area contributed by atoms with Crippen LogP contribution in [0, 0.1) is 0 Å². The molecule has 1 aromatic heterocycles. The molecule has 0 atom stereocenters. The SMILES string of the molecule is COCCNc1cc(OCCN(C)C)nc(OCCN=C(N)N)n1.Cl. The molecular weight excluding hydrogens is 350 g/mol. The van der Waals surface area contributed by atoms with E-state index in [4.69, 9.17) is 25.7 Å². The van der Waals surface area contributed by atoms with E-state index in [0.29, 0.717) is 38.0 Å². The van der Waals surface area contributed by atoms with E-state index in [2.05, 4.69) is 20.3 Å². The second kappa shape index (κ2) is 13.3. The van der Waals surface area contributed by atoms with Crippen molar-refractivity contribution in [2.24, 2.45) is 16.5 Å². The van der Waals surface area contributed by atoms with E-state index in [0.717, 1.165) is 6.54 Å². The van der Waals surface area contributed by atoms with Gasteiger partial charge in [0.15, 0.2) is 5.96 Å². The van der Waals surface area contributed by atoms with Crippen LogP contribution in [0.3, 0.4) is 0 Å². The van der Waals surface area contributed by atoms with Crippen molar-refractivity contribution in [3.63, 3.8) is 0 Å². The molecule has 11 heteroatoms. The van der Waals surface area contributed by atoms with Gasteiger partial charge in [-0.1, -0.05) is 0 Å². The molecule has 0 spiro atoms. The molecule has 10 nitrogen and oxygen atoms in total. The molecule has 0 aromatic carbocycles. The van der Waals surface area contributed by atoms with Gasteiger partial charge in [0.2, 0.25) is 5.88 Å². The van der Waals surface area contributed by atoms with E-state index in [1.54, 1.807) is 13.2 Å². The molecule has 0 saturated heterocycles. The predicted molar refractivity (Wildman–Crippen MR) is 99.9 cm³/mol. The number of ether oxygens (including phenoxy) is 3. The first-order valence-electron chi connectivity index (χ1n) is 7.59. The minimum Gasteiger partial charge on any atom is -0.476 e. The van der Waals surface area contributed by atoms with Crippen molar-refractivity contribution in [2.75, 3.05) is 66.0 Å². The molecule has 5 N–H and O–H groups in total. The Balaban J connectivity index is 0.00000576. The van der Waals surface area contributed by atoms with Gasteiger partial charge in [-0.3, -0.25) is 4.99 Å². The smallest absolute Gasteiger partial charge is 0.321 e. The number of nitrogens with two attached hydrogens (primary N) is 2. The number of hydrogen-bond acceptors (Lipinski definition) is 8. The summed E-state index contributed by atoms with van der Waals surface area (Å²) in [5.41, 5.74) is 10.5. The summed E-state index contributed by atoms with van der Waals surface area (Å²) in [6.45, 7) is 3.03. The third-order valence-corrected chi connectivity index (χ3v) is 2.70. The van der Waals surface area contributed by atoms with Crippen molar-refractivity contribution in [2.45, 2.75) is 0 Å². The first kappa shape index (κ1) is 23.0. The van der Waals surface area contributed by atoms with Crippen LogP contribution in [0.15, 0.2) is 11.1 Å². The van der Waals surface area contributed by atoms with Crippen molar-refractivity contribution in [1.29, 1.82) is 0 Å². The maximum Gasteiger partial charge on any atom is 0.321 e. The molecular formula is C14H28ClN7O3. The highest BCUT2D eigenvalue weighted by atomic mass is 35.5. The number of aromatic nitrogens is 2. The van der Waals surface area contributed by atoms with E-state index >= 15 is 0 Å². The number of anilines is 1. The van der Waals surface area contributed by atoms with Gasteiger partial charge < -0.3 is 35.9 Å². The Morgan fingerprint density at radius 2 is 1.96 bits per heavy atom. The molecule has 1 aromatic rings. The Labute approximate surface area is 154 Å². The minimum absolute atomic E-state index is 0. The normalized spacial score (nSPS) is 10.1. The zero-order valence-electron chi connectivity index (χ0n) is 14.9. The Morgan fingerprint density at radius 1 is 1.20 bits per heavy atom. The van der Waals surface area contributed by atoms with Crippen LogP contribution in [0.2, 0.25) is 0 Å². The lowest BCUT2D eigenvalue weighted by Gasteiger charge is -2.13. The molecule has 0 aliphatic heterocycles. The number of halogens is 1. The molecule has 1 rings (SSSR count). The molecule has 0 bridgehead atoms. The van der Waals surface area contributed by atoms with Gasteiger partial charge in [-0.15, -0.1) is 12.4 Å². The molecule has 25 heavy (non-hydrogen) atoms. The summed E-state index contributed by atoms with van der Waals surface area (Å²) < 4.78 is 16.1. The Kier molecular flexibility index (Phi) is 12.2. The second-order valence-corrected chi connectivity index (χ2v) is 5.10. The Hall–Kier alpha value is -2.04. The molecule has 0 fully saturated rings. The van der Waals surface area contributed by atoms with E-state index < -0.39 is 0 Å². The number of methoxy groups -OCH3 is 1. The highest BCUT2D eigenvalue weighted by molar-refractivity contribution is 5.85. The summed E-state index contributed by atoms with van der Waals surface area (Å²) in [4.78, 5) is 14.3. The zero-order valence-corrected chi connectivity index (χ0v) is 15.7. The summed E-state index contributed by atoms with van der Waals surface area (Å²) in [6.07, 6.45) is 0. The number of rotatable bonds is 12. The summed E-state index contributed by atoms with van der Waals surface area (Å²) in [6, 6.07) is 1.91. The highest BCUT2D eigenvalue weighted by Crippen LogP contribution is 2.17. The van der Waals surface area contributed by atoms with Crippen LogP contribution >= 0.6 is 12.4 Å². The van der Waals surface area contributed by atoms with Crippen LogP contribution in [0.25, 0.3) is 0 Å². The molecule has 0 aliphatic carbocycles. The number of aliphatic imine (C=N–C) groups is 1. The van der Waals surface area contributed by atoms with Gasteiger partial charge >= 0.3 is 6.01 Å². The van der Waals surface area contributed by atoms with Gasteiger partial charge in [0.05, 0.1) is 13.2 Å². The van der Waals surface area contributed by atoms with Gasteiger partial charge in [0, 0.05) is 26.3 Å². The van der Waals surface area contributed by atoms with E-state index in [-0.39, 0.29) is 31.0 Å². The Morgan fingerprint density at radius 3 is 2.60 bits per heavy atom. The van der Waals surface area contributed by atoms with Gasteiger partial charge in [-0.2, -0.15) is 9.97 Å². The maximum absolute atomic E-state index is 5.64. The van der Waals surface area contributed by atoms with Crippen molar-refractivity contribution < 1.29 is 14.2 Å². The fourth-order valence-corrected chi connectivity index (χ4v) is 1.56. The number of hydrogen-bond donors (Lipinski definition) is 3. The highest BCUT2D eigenvalue weighted by Gasteiger charge is 2.07. The van der Waals surface area contributed by atoms with Gasteiger partial charge in [0.25, 0.3) is 0 Å². The number of nitrogens with one attached hydrogen (secondary N) is 1.